The maximum atomic E-state index is 9.55. The van der Waals surface area contributed by atoms with Gasteiger partial charge in [0.25, 0.3) is 0 Å². The third kappa shape index (κ3) is 3.55. The van der Waals surface area contributed by atoms with Gasteiger partial charge < -0.3 is 14.8 Å². The zero-order valence-corrected chi connectivity index (χ0v) is 11.6. The lowest BCUT2D eigenvalue weighted by atomic mass is 10.1. The van der Waals surface area contributed by atoms with Crippen LogP contribution in [0.2, 0.25) is 18.1 Å². The number of nitrogens with one attached hydrogen (secondary N) is 1. The van der Waals surface area contributed by atoms with E-state index in [0.717, 1.165) is 13.0 Å². The highest BCUT2D eigenvalue weighted by atomic mass is 28.4. The van der Waals surface area contributed by atoms with Crippen LogP contribution in [0.4, 0.5) is 0 Å². The summed E-state index contributed by atoms with van der Waals surface area (Å²) in [7, 11) is -1.67. The van der Waals surface area contributed by atoms with Crippen LogP contribution >= 0.6 is 0 Å². The number of piperidine rings is 1. The van der Waals surface area contributed by atoms with Crippen LogP contribution in [0.5, 0.6) is 0 Å². The van der Waals surface area contributed by atoms with Gasteiger partial charge in [-0.1, -0.05) is 20.8 Å². The second kappa shape index (κ2) is 4.53. The molecule has 0 radical (unpaired) electrons. The molecule has 1 heterocycles. The van der Waals surface area contributed by atoms with Gasteiger partial charge in [-0.2, -0.15) is 0 Å². The van der Waals surface area contributed by atoms with E-state index in [4.69, 9.17) is 4.43 Å². The molecule has 1 aliphatic rings. The van der Waals surface area contributed by atoms with Gasteiger partial charge in [0, 0.05) is 19.5 Å². The normalized spacial score (nSPS) is 29.2. The van der Waals surface area contributed by atoms with Crippen molar-refractivity contribution in [3.63, 3.8) is 0 Å². The van der Waals surface area contributed by atoms with E-state index in [1.165, 1.54) is 0 Å². The molecular weight excluding hydrogens is 206 g/mol. The standard InChI is InChI=1S/C11H25NO2Si/c1-11(2,3)15(4,5)14-10-6-9(13)7-12-8-10/h9-10,12-13H,6-8H2,1-5H3. The second-order valence-electron chi connectivity index (χ2n) is 6.05. The highest BCUT2D eigenvalue weighted by Gasteiger charge is 2.39. The van der Waals surface area contributed by atoms with Crippen molar-refractivity contribution in [2.75, 3.05) is 13.1 Å². The van der Waals surface area contributed by atoms with E-state index in [-0.39, 0.29) is 17.2 Å². The largest absolute Gasteiger partial charge is 0.413 e. The summed E-state index contributed by atoms with van der Waals surface area (Å²) in [6, 6.07) is 0. The van der Waals surface area contributed by atoms with Crippen LogP contribution in [0.1, 0.15) is 27.2 Å². The molecule has 0 aromatic rings. The Bertz CT molecular complexity index is 213. The minimum absolute atomic E-state index is 0.189. The lowest BCUT2D eigenvalue weighted by molar-refractivity contribution is 0.0586. The van der Waals surface area contributed by atoms with Gasteiger partial charge >= 0.3 is 0 Å². The Balaban J connectivity index is 2.53. The average Bonchev–Trinajstić information content (AvgIpc) is 2.00. The molecule has 0 spiro atoms. The molecule has 1 saturated heterocycles. The van der Waals surface area contributed by atoms with Gasteiger partial charge in [-0.3, -0.25) is 0 Å². The molecule has 90 valence electrons. The molecule has 3 nitrogen and oxygen atoms in total. The van der Waals surface area contributed by atoms with E-state index in [0.29, 0.717) is 6.54 Å². The first-order chi connectivity index (χ1) is 6.72. The second-order valence-corrected chi connectivity index (χ2v) is 10.8. The molecular formula is C11H25NO2Si. The molecule has 0 aliphatic carbocycles. The molecule has 15 heavy (non-hydrogen) atoms. The Kier molecular flexibility index (Phi) is 3.98. The van der Waals surface area contributed by atoms with Gasteiger partial charge in [-0.15, -0.1) is 0 Å². The Hall–Kier alpha value is 0.0969. The number of aliphatic hydroxyl groups is 1. The Labute approximate surface area is 94.3 Å². The van der Waals surface area contributed by atoms with Crippen molar-refractivity contribution in [1.82, 2.24) is 5.32 Å². The van der Waals surface area contributed by atoms with Gasteiger partial charge in [0.05, 0.1) is 12.2 Å². The SMILES string of the molecule is CC(C)(C)[Si](C)(C)OC1CNCC(O)C1. The first-order valence-corrected chi connectivity index (χ1v) is 8.70. The van der Waals surface area contributed by atoms with Crippen LogP contribution in [-0.2, 0) is 4.43 Å². The number of rotatable bonds is 2. The summed E-state index contributed by atoms with van der Waals surface area (Å²) < 4.78 is 6.23. The Morgan fingerprint density at radius 3 is 2.33 bits per heavy atom. The van der Waals surface area contributed by atoms with Crippen LogP contribution in [-0.4, -0.2) is 38.7 Å². The summed E-state index contributed by atoms with van der Waals surface area (Å²) in [6.45, 7) is 12.8. The lowest BCUT2D eigenvalue weighted by Crippen LogP contribution is -2.51. The molecule has 0 aromatic heterocycles. The van der Waals surface area contributed by atoms with E-state index < -0.39 is 8.32 Å². The third-order valence-electron chi connectivity index (χ3n) is 3.55. The topological polar surface area (TPSA) is 41.5 Å². The summed E-state index contributed by atoms with van der Waals surface area (Å²) in [5, 5.41) is 13.0. The highest BCUT2D eigenvalue weighted by Crippen LogP contribution is 2.37. The van der Waals surface area contributed by atoms with Gasteiger partial charge in [-0.05, 0) is 18.1 Å². The van der Waals surface area contributed by atoms with Crippen molar-refractivity contribution in [2.45, 2.75) is 57.5 Å². The molecule has 2 N–H and O–H groups in total. The summed E-state index contributed by atoms with van der Waals surface area (Å²) in [5.41, 5.74) is 0. The molecule has 0 saturated carbocycles. The lowest BCUT2D eigenvalue weighted by Gasteiger charge is -2.41. The zero-order valence-electron chi connectivity index (χ0n) is 10.6. The minimum atomic E-state index is -1.67. The maximum Gasteiger partial charge on any atom is 0.192 e. The predicted octanol–water partition coefficient (Wildman–Crippen LogP) is 1.73. The predicted molar refractivity (Wildman–Crippen MR) is 65.6 cm³/mol. The van der Waals surface area contributed by atoms with E-state index >= 15 is 0 Å². The quantitative estimate of drug-likeness (QED) is 0.711. The summed E-state index contributed by atoms with van der Waals surface area (Å²) in [6.07, 6.45) is 0.725. The summed E-state index contributed by atoms with van der Waals surface area (Å²) >= 11 is 0. The van der Waals surface area contributed by atoms with Gasteiger partial charge in [-0.25, -0.2) is 0 Å². The fourth-order valence-electron chi connectivity index (χ4n) is 1.56. The van der Waals surface area contributed by atoms with Crippen molar-refractivity contribution in [3.8, 4) is 0 Å². The van der Waals surface area contributed by atoms with Crippen LogP contribution < -0.4 is 5.32 Å². The van der Waals surface area contributed by atoms with Crippen LogP contribution in [0, 0.1) is 0 Å². The van der Waals surface area contributed by atoms with Gasteiger partial charge in [0.1, 0.15) is 0 Å². The van der Waals surface area contributed by atoms with Crippen molar-refractivity contribution in [3.05, 3.63) is 0 Å². The Morgan fingerprint density at radius 2 is 1.87 bits per heavy atom. The first kappa shape index (κ1) is 13.2. The Morgan fingerprint density at radius 1 is 1.27 bits per heavy atom. The molecule has 1 rings (SSSR count). The number of hydrogen-bond donors (Lipinski definition) is 2. The molecule has 2 unspecified atom stereocenters. The van der Waals surface area contributed by atoms with Crippen molar-refractivity contribution in [1.29, 1.82) is 0 Å². The van der Waals surface area contributed by atoms with E-state index in [1.54, 1.807) is 0 Å². The summed E-state index contributed by atoms with van der Waals surface area (Å²) in [4.78, 5) is 0. The molecule has 4 heteroatoms. The molecule has 1 fully saturated rings. The molecule has 2 atom stereocenters. The van der Waals surface area contributed by atoms with Crippen molar-refractivity contribution < 1.29 is 9.53 Å². The first-order valence-electron chi connectivity index (χ1n) is 5.79. The number of hydrogen-bond acceptors (Lipinski definition) is 3. The molecule has 0 amide bonds. The highest BCUT2D eigenvalue weighted by molar-refractivity contribution is 6.74. The fourth-order valence-corrected chi connectivity index (χ4v) is 2.93. The maximum absolute atomic E-state index is 9.55. The van der Waals surface area contributed by atoms with Crippen LogP contribution in [0.15, 0.2) is 0 Å². The molecule has 0 aromatic carbocycles. The number of aliphatic hydroxyl groups excluding tert-OH is 1. The molecule has 1 aliphatic heterocycles. The van der Waals surface area contributed by atoms with Gasteiger partial charge in [0.2, 0.25) is 0 Å². The number of β-amino-alcohol motifs (C(OH)–C–C–N with tert-alkyl or cyclic N) is 1. The van der Waals surface area contributed by atoms with Gasteiger partial charge in [0.15, 0.2) is 8.32 Å². The monoisotopic (exact) mass is 231 g/mol. The zero-order chi connectivity index (χ0) is 11.7. The van der Waals surface area contributed by atoms with Crippen LogP contribution in [0.25, 0.3) is 0 Å². The third-order valence-corrected chi connectivity index (χ3v) is 8.09. The van der Waals surface area contributed by atoms with Crippen LogP contribution in [0.3, 0.4) is 0 Å². The molecule has 0 bridgehead atoms. The average molecular weight is 231 g/mol. The minimum Gasteiger partial charge on any atom is -0.413 e. The van der Waals surface area contributed by atoms with E-state index in [1.807, 2.05) is 0 Å². The van der Waals surface area contributed by atoms with E-state index in [2.05, 4.69) is 39.2 Å². The van der Waals surface area contributed by atoms with E-state index in [9.17, 15) is 5.11 Å². The van der Waals surface area contributed by atoms with Crippen molar-refractivity contribution in [2.24, 2.45) is 0 Å². The smallest absolute Gasteiger partial charge is 0.192 e. The van der Waals surface area contributed by atoms with Crippen molar-refractivity contribution >= 4 is 8.32 Å². The summed E-state index contributed by atoms with van der Waals surface area (Å²) in [5.74, 6) is 0. The fraction of sp³-hybridized carbons (Fsp3) is 1.00.